The minimum Gasteiger partial charge on any atom is -0.309 e. The van der Waals surface area contributed by atoms with E-state index >= 15 is 0 Å². The number of hydrogen-bond donors (Lipinski definition) is 0. The summed E-state index contributed by atoms with van der Waals surface area (Å²) in [5.74, 6) is 0. The molecule has 88 heavy (non-hydrogen) atoms. The van der Waals surface area contributed by atoms with Crippen molar-refractivity contribution in [3.8, 4) is 61.6 Å². The van der Waals surface area contributed by atoms with Crippen LogP contribution >= 0.6 is 0 Å². The van der Waals surface area contributed by atoms with E-state index in [-0.39, 0.29) is 0 Å². The predicted molar refractivity (Wildman–Crippen MR) is 375 cm³/mol. The van der Waals surface area contributed by atoms with Crippen LogP contribution in [0.3, 0.4) is 0 Å². The molecule has 0 fully saturated rings. The Morgan fingerprint density at radius 2 is 0.523 bits per heavy atom. The van der Waals surface area contributed by atoms with E-state index in [2.05, 4.69) is 359 Å². The Kier molecular flexibility index (Phi) is 12.2. The van der Waals surface area contributed by atoms with Gasteiger partial charge >= 0.3 is 0 Å². The molecule has 17 aromatic rings. The largest absolute Gasteiger partial charge is 0.309 e. The van der Waals surface area contributed by atoms with E-state index in [4.69, 9.17) is 0 Å². The van der Waals surface area contributed by atoms with Crippen LogP contribution in [0.25, 0.3) is 127 Å². The fourth-order valence-corrected chi connectivity index (χ4v) is 19.2. The first-order chi connectivity index (χ1) is 43.6. The Morgan fingerprint density at radius 3 is 1.02 bits per heavy atom. The second-order valence-corrected chi connectivity index (χ2v) is 27.0. The lowest BCUT2D eigenvalue weighted by Crippen LogP contribution is -2.74. The molecule has 0 spiro atoms. The van der Waals surface area contributed by atoms with E-state index in [0.29, 0.717) is 0 Å². The highest BCUT2D eigenvalue weighted by atomic mass is 28.3. The monoisotopic (exact) mass is 1140 g/mol. The Hall–Kier alpha value is -11.3. The molecule has 0 bridgehead atoms. The maximum atomic E-state index is 2.56. The Bertz CT molecular complexity index is 5380. The lowest BCUT2D eigenvalue weighted by molar-refractivity contribution is 1.13. The minimum atomic E-state index is -3.19. The maximum absolute atomic E-state index is 3.19. The van der Waals surface area contributed by atoms with Crippen LogP contribution in [0.4, 0.5) is 0 Å². The molecule has 3 heterocycles. The Labute approximate surface area is 512 Å². The molecule has 0 atom stereocenters. The van der Waals surface area contributed by atoms with E-state index in [9.17, 15) is 0 Å². The Morgan fingerprint density at radius 1 is 0.159 bits per heavy atom. The van der Waals surface area contributed by atoms with Gasteiger partial charge in [0.2, 0.25) is 0 Å². The molecule has 0 saturated carbocycles. The lowest BCUT2D eigenvalue weighted by Gasteiger charge is -2.35. The van der Waals surface area contributed by atoms with Crippen LogP contribution in [0.2, 0.25) is 0 Å². The normalized spacial score (nSPS) is 11.9. The number of nitrogens with zero attached hydrogens (tertiary/aromatic N) is 3. The van der Waals surface area contributed by atoms with E-state index in [1.807, 2.05) is 0 Å². The zero-order valence-electron chi connectivity index (χ0n) is 48.3. The zero-order chi connectivity index (χ0) is 58.1. The van der Waals surface area contributed by atoms with Crippen LogP contribution in [0.5, 0.6) is 0 Å². The van der Waals surface area contributed by atoms with Crippen molar-refractivity contribution in [1.29, 1.82) is 0 Å². The molecule has 17 rings (SSSR count). The maximum Gasteiger partial charge on any atom is 0.179 e. The quantitative estimate of drug-likeness (QED) is 0.0906. The first kappa shape index (κ1) is 51.1. The van der Waals surface area contributed by atoms with Crippen LogP contribution in [-0.2, 0) is 0 Å². The van der Waals surface area contributed by atoms with E-state index in [0.717, 1.165) is 50.3 Å². The number of aromatic nitrogens is 3. The fourth-order valence-electron chi connectivity index (χ4n) is 14.4. The van der Waals surface area contributed by atoms with Crippen LogP contribution in [0, 0.1) is 0 Å². The van der Waals surface area contributed by atoms with Crippen molar-refractivity contribution in [2.45, 2.75) is 0 Å². The van der Waals surface area contributed by atoms with Gasteiger partial charge in [0, 0.05) is 49.4 Å². The summed E-state index contributed by atoms with van der Waals surface area (Å²) in [6.07, 6.45) is 0. The van der Waals surface area contributed by atoms with E-state index in [1.54, 1.807) is 0 Å². The van der Waals surface area contributed by atoms with Crippen molar-refractivity contribution in [2.24, 2.45) is 0 Å². The highest BCUT2D eigenvalue weighted by Gasteiger charge is 2.42. The van der Waals surface area contributed by atoms with Crippen LogP contribution in [0.15, 0.2) is 346 Å². The Balaban J connectivity index is 0.909. The summed E-state index contributed by atoms with van der Waals surface area (Å²) in [4.78, 5) is 0. The molecule has 0 N–H and O–H groups in total. The molecule has 3 nitrogen and oxygen atoms in total. The van der Waals surface area contributed by atoms with Gasteiger partial charge in [-0.3, -0.25) is 0 Å². The molecule has 0 aliphatic rings. The third kappa shape index (κ3) is 8.33. The summed E-state index contributed by atoms with van der Waals surface area (Å²) in [5.41, 5.74) is 19.8. The summed E-state index contributed by atoms with van der Waals surface area (Å²) in [6.45, 7) is 0. The summed E-state index contributed by atoms with van der Waals surface area (Å²) >= 11 is 0. The van der Waals surface area contributed by atoms with Gasteiger partial charge in [-0.15, -0.1) is 0 Å². The van der Waals surface area contributed by atoms with E-state index < -0.39 is 8.07 Å². The second-order valence-electron chi connectivity index (χ2n) is 23.2. The van der Waals surface area contributed by atoms with Gasteiger partial charge in [0.1, 0.15) is 0 Å². The molecule has 0 saturated heterocycles. The average Bonchev–Trinajstić information content (AvgIpc) is 1.34. The lowest BCUT2D eigenvalue weighted by atomic mass is 9.99. The highest BCUT2D eigenvalue weighted by Crippen LogP contribution is 2.41. The molecule has 0 aliphatic heterocycles. The van der Waals surface area contributed by atoms with Crippen LogP contribution < -0.4 is 20.7 Å². The zero-order valence-corrected chi connectivity index (χ0v) is 49.3. The van der Waals surface area contributed by atoms with Crippen LogP contribution in [-0.4, -0.2) is 21.8 Å². The molecule has 0 amide bonds. The van der Waals surface area contributed by atoms with Gasteiger partial charge in [0.25, 0.3) is 0 Å². The number of rotatable bonds is 11. The molecule has 14 aromatic carbocycles. The van der Waals surface area contributed by atoms with Gasteiger partial charge in [0.15, 0.2) is 8.07 Å². The minimum absolute atomic E-state index is 1.09. The summed E-state index contributed by atoms with van der Waals surface area (Å²) in [5, 5.41) is 12.6. The molecule has 4 heteroatoms. The molecule has 0 aliphatic carbocycles. The average molecular weight is 1140 g/mol. The first-order valence-corrected chi connectivity index (χ1v) is 32.4. The summed E-state index contributed by atoms with van der Waals surface area (Å²) in [6, 6.07) is 129. The van der Waals surface area contributed by atoms with E-state index in [1.165, 1.54) is 97.5 Å². The number of hydrogen-bond acceptors (Lipinski definition) is 0. The predicted octanol–water partition coefficient (Wildman–Crippen LogP) is 19.0. The molecular weight excluding hydrogens is 1080 g/mol. The topological polar surface area (TPSA) is 14.8 Å². The standard InChI is InChI=1S/C84H57N3Si/c1-7-25-58(26-8-1)62-43-47-82-77(54-62)74-38-20-23-41-80(74)85(82)66-44-48-83-78(56-66)75-39-21-24-42-81(75)86(83)67-50-65(61-31-13-4-14-32-61)51-68(55-67)87-79-40-22-19-37-73(79)76-46-45-71(57-84(76)87)88(69-33-15-5-16-34-69,70-35-17-6-18-36-70)72-52-63(59-27-9-2-10-28-59)49-64(53-72)60-29-11-3-12-30-60/h1-57H. The molecule has 0 radical (unpaired) electrons. The van der Waals surface area contributed by atoms with Crippen molar-refractivity contribution in [1.82, 2.24) is 13.7 Å². The number of benzene rings is 14. The first-order valence-electron chi connectivity index (χ1n) is 30.4. The molecule has 0 unspecified atom stereocenters. The van der Waals surface area contributed by atoms with Crippen molar-refractivity contribution < 1.29 is 0 Å². The van der Waals surface area contributed by atoms with Crippen molar-refractivity contribution in [2.75, 3.05) is 0 Å². The number of para-hydroxylation sites is 3. The van der Waals surface area contributed by atoms with Crippen LogP contribution in [0.1, 0.15) is 0 Å². The highest BCUT2D eigenvalue weighted by molar-refractivity contribution is 7.20. The fraction of sp³-hybridized carbons (Fsp3) is 0. The molecule has 412 valence electrons. The summed E-state index contributed by atoms with van der Waals surface area (Å²) in [7, 11) is -3.19. The van der Waals surface area contributed by atoms with Gasteiger partial charge in [-0.2, -0.15) is 0 Å². The van der Waals surface area contributed by atoms with Gasteiger partial charge in [-0.1, -0.05) is 267 Å². The second kappa shape index (κ2) is 21.0. The number of fused-ring (bicyclic) bond motifs is 9. The molecule has 3 aromatic heterocycles. The van der Waals surface area contributed by atoms with Crippen molar-refractivity contribution in [3.63, 3.8) is 0 Å². The summed E-state index contributed by atoms with van der Waals surface area (Å²) < 4.78 is 7.49. The SMILES string of the molecule is c1ccc(-c2cc(-n3c4ccccc4c4cc(-n5c6ccccc6c6cc(-c7ccccc7)ccc65)ccc43)cc(-n3c4ccccc4c4ccc([Si](c5ccccc5)(c5ccccc5)c5cc(-c6ccccc6)cc(-c6ccccc6)c5)cc43)c2)cc1. The smallest absolute Gasteiger partial charge is 0.179 e. The van der Waals surface area contributed by atoms with Gasteiger partial charge in [0.05, 0.1) is 33.1 Å². The third-order valence-corrected chi connectivity index (χ3v) is 23.1. The van der Waals surface area contributed by atoms with Crippen molar-refractivity contribution in [3.05, 3.63) is 346 Å². The third-order valence-electron chi connectivity index (χ3n) is 18.3. The van der Waals surface area contributed by atoms with Gasteiger partial charge in [-0.05, 0) is 144 Å². The molecular formula is C84H57N3Si. The van der Waals surface area contributed by atoms with Gasteiger partial charge in [-0.25, -0.2) is 0 Å². The van der Waals surface area contributed by atoms with Gasteiger partial charge < -0.3 is 13.7 Å². The van der Waals surface area contributed by atoms with Crippen molar-refractivity contribution >= 4 is 94.2 Å².